The Bertz CT molecular complexity index is 795. The zero-order chi connectivity index (χ0) is 21.2. The van der Waals surface area contributed by atoms with Gasteiger partial charge in [-0.15, -0.1) is 0 Å². The van der Waals surface area contributed by atoms with Gasteiger partial charge in [0, 0.05) is 0 Å². The van der Waals surface area contributed by atoms with Crippen molar-refractivity contribution in [3.05, 3.63) is 70.8 Å². The minimum atomic E-state index is -1.06. The first-order valence-corrected chi connectivity index (χ1v) is 8.47. The van der Waals surface area contributed by atoms with E-state index in [2.05, 4.69) is 4.74 Å². The number of hydrogen-bond donors (Lipinski definition) is 2. The van der Waals surface area contributed by atoms with Crippen molar-refractivity contribution in [1.82, 2.24) is 0 Å². The molecule has 0 radical (unpaired) electrons. The third-order valence-electron chi connectivity index (χ3n) is 3.49. The summed E-state index contributed by atoms with van der Waals surface area (Å²) in [4.78, 5) is 43.2. The minimum Gasteiger partial charge on any atom is -0.478 e. The Kier molecular flexibility index (Phi) is 7.87. The Morgan fingerprint density at radius 2 is 0.931 bits per heavy atom. The first-order chi connectivity index (χ1) is 13.9. The van der Waals surface area contributed by atoms with Gasteiger partial charge in [0.2, 0.25) is 0 Å². The first-order valence-electron chi connectivity index (χ1n) is 8.47. The van der Waals surface area contributed by atoms with E-state index in [0.717, 1.165) is 13.2 Å². The van der Waals surface area contributed by atoms with Gasteiger partial charge in [0.1, 0.15) is 13.2 Å². The second-order valence-electron chi connectivity index (χ2n) is 5.65. The molecule has 1 saturated heterocycles. The molecule has 2 aromatic rings. The second kappa shape index (κ2) is 10.6. The fraction of sp³-hybridized carbons (Fsp3) is 0.200. The number of esters is 2. The number of benzene rings is 2. The summed E-state index contributed by atoms with van der Waals surface area (Å²) in [6, 6.07) is 11.2. The van der Waals surface area contributed by atoms with Gasteiger partial charge in [-0.2, -0.15) is 0 Å². The summed E-state index contributed by atoms with van der Waals surface area (Å²) in [6.45, 7) is 2.20. The van der Waals surface area contributed by atoms with E-state index < -0.39 is 23.9 Å². The van der Waals surface area contributed by atoms with Crippen molar-refractivity contribution >= 4 is 23.9 Å². The summed E-state index contributed by atoms with van der Waals surface area (Å²) in [5.41, 5.74) is 1.06. The Balaban J connectivity index is 0.000000182. The second-order valence-corrected chi connectivity index (χ2v) is 5.65. The summed E-state index contributed by atoms with van der Waals surface area (Å²) in [5.74, 6) is -2.91. The Labute approximate surface area is 165 Å². The summed E-state index contributed by atoms with van der Waals surface area (Å²) in [5, 5.41) is 16.9. The highest BCUT2D eigenvalue weighted by molar-refractivity contribution is 5.93. The molecule has 0 aromatic heterocycles. The molecule has 0 saturated carbocycles. The predicted octanol–water partition coefficient (Wildman–Crippen LogP) is 2.11. The number of carboxylic acids is 2. The quantitative estimate of drug-likeness (QED) is 0.571. The van der Waals surface area contributed by atoms with Gasteiger partial charge in [0.05, 0.1) is 35.5 Å². The van der Waals surface area contributed by atoms with Crippen molar-refractivity contribution in [2.45, 2.75) is 0 Å². The molecular formula is C20H18O9. The number of ether oxygens (including phenoxy) is 3. The van der Waals surface area contributed by atoms with E-state index in [9.17, 15) is 19.2 Å². The number of fused-ring (bicyclic) bond motifs is 7. The van der Waals surface area contributed by atoms with Crippen molar-refractivity contribution < 1.29 is 43.6 Å². The van der Waals surface area contributed by atoms with E-state index >= 15 is 0 Å². The molecule has 2 aromatic carbocycles. The van der Waals surface area contributed by atoms with Crippen LogP contribution in [0.1, 0.15) is 41.4 Å². The largest absolute Gasteiger partial charge is 0.478 e. The lowest BCUT2D eigenvalue weighted by Gasteiger charge is -2.09. The monoisotopic (exact) mass is 402 g/mol. The van der Waals surface area contributed by atoms with Crippen molar-refractivity contribution in [3.63, 3.8) is 0 Å². The lowest BCUT2D eigenvalue weighted by atomic mass is 10.1. The van der Waals surface area contributed by atoms with Crippen LogP contribution < -0.4 is 0 Å². The molecule has 9 nitrogen and oxygen atoms in total. The Morgan fingerprint density at radius 1 is 0.621 bits per heavy atom. The van der Waals surface area contributed by atoms with Gasteiger partial charge in [0.25, 0.3) is 0 Å². The van der Waals surface area contributed by atoms with E-state index in [0.29, 0.717) is 11.1 Å². The SMILES string of the molecule is C1CO1.O=C(O)c1ccc(C(=O)O)cc1.O=C1OCCOC(=O)c2ccc1cc2. The predicted molar refractivity (Wildman–Crippen MR) is 98.2 cm³/mol. The highest BCUT2D eigenvalue weighted by Crippen LogP contribution is 2.09. The zero-order valence-electron chi connectivity index (χ0n) is 15.2. The summed E-state index contributed by atoms with van der Waals surface area (Å²) in [6.07, 6.45) is 0. The van der Waals surface area contributed by atoms with Crippen LogP contribution in [-0.4, -0.2) is 60.5 Å². The number of hydrogen-bond acceptors (Lipinski definition) is 7. The molecule has 152 valence electrons. The molecule has 2 bridgehead atoms. The van der Waals surface area contributed by atoms with Crippen LogP contribution in [0.25, 0.3) is 0 Å². The van der Waals surface area contributed by atoms with Crippen molar-refractivity contribution in [1.29, 1.82) is 0 Å². The van der Waals surface area contributed by atoms with E-state index in [-0.39, 0.29) is 24.3 Å². The van der Waals surface area contributed by atoms with Crippen LogP contribution in [0.5, 0.6) is 0 Å². The number of carbonyl (C=O) groups is 4. The van der Waals surface area contributed by atoms with Crippen LogP contribution in [0, 0.1) is 0 Å². The minimum absolute atomic E-state index is 0.0833. The van der Waals surface area contributed by atoms with Crippen molar-refractivity contribution in [2.24, 2.45) is 0 Å². The molecule has 0 spiro atoms. The lowest BCUT2D eigenvalue weighted by molar-refractivity contribution is 0.0260. The van der Waals surface area contributed by atoms with E-state index in [4.69, 9.17) is 19.7 Å². The average Bonchev–Trinajstić information content (AvgIpc) is 3.61. The number of rotatable bonds is 2. The Hall–Kier alpha value is -3.72. The molecule has 3 heterocycles. The van der Waals surface area contributed by atoms with Crippen LogP contribution in [0.2, 0.25) is 0 Å². The van der Waals surface area contributed by atoms with E-state index in [1.165, 1.54) is 24.3 Å². The molecule has 5 rings (SSSR count). The summed E-state index contributed by atoms with van der Waals surface area (Å²) < 4.78 is 14.2. The highest BCUT2D eigenvalue weighted by atomic mass is 16.6. The zero-order valence-corrected chi connectivity index (χ0v) is 15.2. The summed E-state index contributed by atoms with van der Waals surface area (Å²) in [7, 11) is 0. The molecule has 2 N–H and O–H groups in total. The molecule has 9 heteroatoms. The van der Waals surface area contributed by atoms with Gasteiger partial charge in [-0.05, 0) is 48.5 Å². The van der Waals surface area contributed by atoms with Gasteiger partial charge < -0.3 is 24.4 Å². The van der Waals surface area contributed by atoms with Crippen LogP contribution in [-0.2, 0) is 14.2 Å². The molecule has 0 unspecified atom stereocenters. The average molecular weight is 402 g/mol. The maximum Gasteiger partial charge on any atom is 0.338 e. The fourth-order valence-electron chi connectivity index (χ4n) is 1.93. The standard InChI is InChI=1S/C10H8O4.C8H6O4.C2H4O/c11-9-7-1-2-8(4-3-7)10(12)14-6-5-13-9;9-7(10)5-1-2-6(4-3-5)8(11)12;1-2-3-1/h1-4H,5-6H2;1-4H,(H,9,10)(H,11,12);1-2H2. The smallest absolute Gasteiger partial charge is 0.338 e. The number of carboxylic acid groups (broad SMARTS) is 2. The molecule has 3 aliphatic heterocycles. The molecule has 0 amide bonds. The van der Waals surface area contributed by atoms with Gasteiger partial charge in [-0.3, -0.25) is 0 Å². The first kappa shape index (κ1) is 21.6. The third-order valence-corrected chi connectivity index (χ3v) is 3.49. The highest BCUT2D eigenvalue weighted by Gasteiger charge is 2.13. The molecule has 29 heavy (non-hydrogen) atoms. The molecule has 0 atom stereocenters. The number of aromatic carboxylic acids is 2. The Morgan fingerprint density at radius 3 is 1.17 bits per heavy atom. The molecule has 0 aliphatic carbocycles. The molecular weight excluding hydrogens is 384 g/mol. The van der Waals surface area contributed by atoms with Gasteiger partial charge in [-0.25, -0.2) is 19.2 Å². The maximum atomic E-state index is 11.3. The normalized spacial score (nSPS) is 14.1. The number of carbonyl (C=O) groups excluding carboxylic acids is 2. The molecule has 3 aliphatic rings. The van der Waals surface area contributed by atoms with Gasteiger partial charge in [0.15, 0.2) is 0 Å². The topological polar surface area (TPSA) is 140 Å². The third kappa shape index (κ3) is 7.43. The maximum absolute atomic E-state index is 11.3. The summed E-state index contributed by atoms with van der Waals surface area (Å²) >= 11 is 0. The van der Waals surface area contributed by atoms with Crippen LogP contribution in [0.4, 0.5) is 0 Å². The van der Waals surface area contributed by atoms with Crippen molar-refractivity contribution in [2.75, 3.05) is 26.4 Å². The molecule has 1 fully saturated rings. The fourth-order valence-corrected chi connectivity index (χ4v) is 1.93. The lowest BCUT2D eigenvalue weighted by Crippen LogP contribution is -2.16. The van der Waals surface area contributed by atoms with Gasteiger partial charge >= 0.3 is 23.9 Å². The number of epoxide rings is 1. The van der Waals surface area contributed by atoms with E-state index in [1.807, 2.05) is 0 Å². The van der Waals surface area contributed by atoms with Crippen LogP contribution >= 0.6 is 0 Å². The van der Waals surface area contributed by atoms with Crippen molar-refractivity contribution in [3.8, 4) is 0 Å². The van der Waals surface area contributed by atoms with Crippen LogP contribution in [0.15, 0.2) is 48.5 Å². The van der Waals surface area contributed by atoms with E-state index in [1.54, 1.807) is 24.3 Å². The van der Waals surface area contributed by atoms with Crippen LogP contribution in [0.3, 0.4) is 0 Å². The van der Waals surface area contributed by atoms with Gasteiger partial charge in [-0.1, -0.05) is 0 Å².